The molecule has 1 atom stereocenters. The first kappa shape index (κ1) is 11.0. The van der Waals surface area contributed by atoms with Gasteiger partial charge in [0, 0.05) is 30.2 Å². The highest BCUT2D eigenvalue weighted by molar-refractivity contribution is 7.09. The number of aromatic nitrogens is 1. The molecule has 1 aromatic heterocycles. The van der Waals surface area contributed by atoms with Gasteiger partial charge in [-0.25, -0.2) is 4.98 Å². The smallest absolute Gasteiger partial charge is 0.107 e. The first-order chi connectivity index (χ1) is 7.28. The number of thiazole rings is 1. The molecule has 4 heteroatoms. The third-order valence-electron chi connectivity index (χ3n) is 2.79. The molecule has 1 unspecified atom stereocenters. The first-order valence-corrected chi connectivity index (χ1v) is 6.52. The van der Waals surface area contributed by atoms with E-state index in [0.29, 0.717) is 6.04 Å². The van der Waals surface area contributed by atoms with E-state index < -0.39 is 0 Å². The van der Waals surface area contributed by atoms with Crippen LogP contribution in [0.4, 0.5) is 0 Å². The third kappa shape index (κ3) is 3.00. The zero-order valence-electron chi connectivity index (χ0n) is 9.49. The minimum absolute atomic E-state index is 0.691. The highest BCUT2D eigenvalue weighted by Gasteiger charge is 2.21. The van der Waals surface area contributed by atoms with Crippen molar-refractivity contribution in [3.8, 4) is 0 Å². The minimum Gasteiger partial charge on any atom is -0.313 e. The Morgan fingerprint density at radius 2 is 2.53 bits per heavy atom. The average molecular weight is 225 g/mol. The number of hydrogen-bond acceptors (Lipinski definition) is 4. The minimum atomic E-state index is 0.691. The number of likely N-dealkylation sites (N-methyl/N-ethyl adjacent to an activating group) is 1. The maximum Gasteiger partial charge on any atom is 0.107 e. The van der Waals surface area contributed by atoms with Gasteiger partial charge >= 0.3 is 0 Å². The molecule has 84 valence electrons. The summed E-state index contributed by atoms with van der Waals surface area (Å²) in [7, 11) is 0. The van der Waals surface area contributed by atoms with E-state index in [9.17, 15) is 0 Å². The Morgan fingerprint density at radius 1 is 1.67 bits per heavy atom. The van der Waals surface area contributed by atoms with E-state index in [4.69, 9.17) is 0 Å². The zero-order valence-corrected chi connectivity index (χ0v) is 10.3. The van der Waals surface area contributed by atoms with E-state index in [-0.39, 0.29) is 0 Å². The molecule has 0 spiro atoms. The molecular formula is C11H19N3S. The molecule has 1 N–H and O–H groups in total. The lowest BCUT2D eigenvalue weighted by Gasteiger charge is -2.14. The van der Waals surface area contributed by atoms with Crippen LogP contribution in [0.1, 0.15) is 24.0 Å². The van der Waals surface area contributed by atoms with Crippen LogP contribution >= 0.6 is 11.3 Å². The summed E-state index contributed by atoms with van der Waals surface area (Å²) >= 11 is 1.78. The molecule has 3 nitrogen and oxygen atoms in total. The fraction of sp³-hybridized carbons (Fsp3) is 0.727. The van der Waals surface area contributed by atoms with E-state index in [0.717, 1.165) is 18.8 Å². The lowest BCUT2D eigenvalue weighted by molar-refractivity contribution is 0.320. The number of likely N-dealkylation sites (tertiary alicyclic amines) is 1. The van der Waals surface area contributed by atoms with Gasteiger partial charge in [-0.1, -0.05) is 6.92 Å². The second-order valence-corrected chi connectivity index (χ2v) is 5.10. The number of hydrogen-bond donors (Lipinski definition) is 1. The summed E-state index contributed by atoms with van der Waals surface area (Å²) in [4.78, 5) is 6.99. The van der Waals surface area contributed by atoms with Crippen molar-refractivity contribution < 1.29 is 0 Å². The lowest BCUT2D eigenvalue weighted by atomic mass is 10.3. The van der Waals surface area contributed by atoms with E-state index in [1.54, 1.807) is 11.3 Å². The molecule has 0 aromatic carbocycles. The van der Waals surface area contributed by atoms with Gasteiger partial charge in [-0.05, 0) is 19.9 Å². The summed E-state index contributed by atoms with van der Waals surface area (Å²) in [5, 5.41) is 6.89. The molecule has 2 rings (SSSR count). The van der Waals surface area contributed by atoms with E-state index in [1.165, 1.54) is 24.5 Å². The highest BCUT2D eigenvalue weighted by Crippen LogP contribution is 2.16. The summed E-state index contributed by atoms with van der Waals surface area (Å²) in [6, 6.07) is 0.691. The van der Waals surface area contributed by atoms with Crippen LogP contribution in [0.3, 0.4) is 0 Å². The van der Waals surface area contributed by atoms with Gasteiger partial charge in [0.2, 0.25) is 0 Å². The summed E-state index contributed by atoms with van der Waals surface area (Å²) in [6.07, 6.45) is 1.28. The average Bonchev–Trinajstić information content (AvgIpc) is 2.78. The number of nitrogens with one attached hydrogen (secondary N) is 1. The Balaban J connectivity index is 1.82. The van der Waals surface area contributed by atoms with Gasteiger partial charge in [0.1, 0.15) is 5.01 Å². The highest BCUT2D eigenvalue weighted by atomic mass is 32.1. The topological polar surface area (TPSA) is 28.2 Å². The Kier molecular flexibility index (Phi) is 3.72. The Morgan fingerprint density at radius 3 is 3.20 bits per heavy atom. The Labute approximate surface area is 95.5 Å². The van der Waals surface area contributed by atoms with E-state index >= 15 is 0 Å². The molecule has 0 amide bonds. The van der Waals surface area contributed by atoms with Gasteiger partial charge in [0.25, 0.3) is 0 Å². The molecule has 2 heterocycles. The van der Waals surface area contributed by atoms with Crippen LogP contribution in [-0.4, -0.2) is 35.6 Å². The van der Waals surface area contributed by atoms with E-state index in [1.807, 2.05) is 0 Å². The third-order valence-corrected chi connectivity index (χ3v) is 3.74. The SMILES string of the molecule is CCNC1CCN(Cc2nc(C)cs2)C1. The summed E-state index contributed by atoms with van der Waals surface area (Å²) in [5.74, 6) is 0. The predicted molar refractivity (Wildman–Crippen MR) is 64.2 cm³/mol. The zero-order chi connectivity index (χ0) is 10.7. The molecule has 1 fully saturated rings. The molecule has 0 bridgehead atoms. The predicted octanol–water partition coefficient (Wildman–Crippen LogP) is 1.64. The Hall–Kier alpha value is -0.450. The fourth-order valence-corrected chi connectivity index (χ4v) is 2.91. The molecular weight excluding hydrogens is 206 g/mol. The van der Waals surface area contributed by atoms with Gasteiger partial charge in [0.05, 0.1) is 6.54 Å². The maximum absolute atomic E-state index is 4.50. The van der Waals surface area contributed by atoms with E-state index in [2.05, 4.69) is 34.4 Å². The van der Waals surface area contributed by atoms with Crippen molar-refractivity contribution in [3.63, 3.8) is 0 Å². The van der Waals surface area contributed by atoms with Crippen molar-refractivity contribution in [2.24, 2.45) is 0 Å². The lowest BCUT2D eigenvalue weighted by Crippen LogP contribution is -2.32. The van der Waals surface area contributed by atoms with Crippen molar-refractivity contribution in [2.45, 2.75) is 32.9 Å². The first-order valence-electron chi connectivity index (χ1n) is 5.64. The van der Waals surface area contributed by atoms with Crippen molar-refractivity contribution in [1.29, 1.82) is 0 Å². The summed E-state index contributed by atoms with van der Waals surface area (Å²) in [6.45, 7) is 8.72. The van der Waals surface area contributed by atoms with Crippen LogP contribution in [-0.2, 0) is 6.54 Å². The van der Waals surface area contributed by atoms with Crippen LogP contribution in [0.25, 0.3) is 0 Å². The van der Waals surface area contributed by atoms with Crippen molar-refractivity contribution in [3.05, 3.63) is 16.1 Å². The van der Waals surface area contributed by atoms with Crippen LogP contribution < -0.4 is 5.32 Å². The number of rotatable bonds is 4. The standard InChI is InChI=1S/C11H19N3S/c1-3-12-10-4-5-14(6-10)7-11-13-9(2)8-15-11/h8,10,12H,3-7H2,1-2H3. The molecule has 1 aromatic rings. The molecule has 0 saturated carbocycles. The summed E-state index contributed by atoms with van der Waals surface area (Å²) in [5.41, 5.74) is 1.15. The molecule has 15 heavy (non-hydrogen) atoms. The fourth-order valence-electron chi connectivity index (χ4n) is 2.10. The quantitative estimate of drug-likeness (QED) is 0.844. The molecule has 1 saturated heterocycles. The molecule has 1 aliphatic rings. The van der Waals surface area contributed by atoms with Gasteiger partial charge in [-0.15, -0.1) is 11.3 Å². The summed E-state index contributed by atoms with van der Waals surface area (Å²) < 4.78 is 0. The van der Waals surface area contributed by atoms with Crippen LogP contribution in [0.5, 0.6) is 0 Å². The van der Waals surface area contributed by atoms with Crippen LogP contribution in [0.2, 0.25) is 0 Å². The number of aryl methyl sites for hydroxylation is 1. The number of nitrogens with zero attached hydrogens (tertiary/aromatic N) is 2. The van der Waals surface area contributed by atoms with Gasteiger partial charge in [0.15, 0.2) is 0 Å². The van der Waals surface area contributed by atoms with Crippen molar-refractivity contribution in [1.82, 2.24) is 15.2 Å². The Bertz CT molecular complexity index is 311. The maximum atomic E-state index is 4.50. The largest absolute Gasteiger partial charge is 0.313 e. The second-order valence-electron chi connectivity index (χ2n) is 4.16. The molecule has 1 aliphatic heterocycles. The normalized spacial score (nSPS) is 22.4. The monoisotopic (exact) mass is 225 g/mol. The van der Waals surface area contributed by atoms with Crippen molar-refractivity contribution >= 4 is 11.3 Å². The van der Waals surface area contributed by atoms with Gasteiger partial charge in [-0.3, -0.25) is 4.90 Å². The van der Waals surface area contributed by atoms with Crippen LogP contribution in [0, 0.1) is 6.92 Å². The molecule has 0 radical (unpaired) electrons. The van der Waals surface area contributed by atoms with Gasteiger partial charge < -0.3 is 5.32 Å². The van der Waals surface area contributed by atoms with Crippen LogP contribution in [0.15, 0.2) is 5.38 Å². The second kappa shape index (κ2) is 5.05. The van der Waals surface area contributed by atoms with Crippen molar-refractivity contribution in [2.75, 3.05) is 19.6 Å². The molecule has 0 aliphatic carbocycles. The van der Waals surface area contributed by atoms with Gasteiger partial charge in [-0.2, -0.15) is 0 Å².